The summed E-state index contributed by atoms with van der Waals surface area (Å²) in [5, 5.41) is 0. The van der Waals surface area contributed by atoms with Gasteiger partial charge in [-0.2, -0.15) is 0 Å². The molecule has 0 fully saturated rings. The molecule has 2 aromatic rings. The summed E-state index contributed by atoms with van der Waals surface area (Å²) in [5.41, 5.74) is 8.29. The molecule has 2 aromatic carbocycles. The van der Waals surface area contributed by atoms with Crippen LogP contribution >= 0.6 is 31.9 Å². The Balaban J connectivity index is 2.01. The summed E-state index contributed by atoms with van der Waals surface area (Å²) in [7, 11) is 0. The minimum Gasteiger partial charge on any atom is -0.296 e. The molecule has 0 saturated heterocycles. The molecule has 110 valence electrons. The summed E-state index contributed by atoms with van der Waals surface area (Å²) in [5.74, 6) is -0.166. The van der Waals surface area contributed by atoms with E-state index in [1.807, 2.05) is 42.5 Å². The van der Waals surface area contributed by atoms with Crippen molar-refractivity contribution in [3.63, 3.8) is 0 Å². The van der Waals surface area contributed by atoms with Crippen molar-refractivity contribution in [2.75, 3.05) is 5.43 Å². The molecule has 0 spiro atoms. The molecule has 0 heterocycles. The number of carbonyl (C=O) groups is 1. The van der Waals surface area contributed by atoms with Gasteiger partial charge < -0.3 is 0 Å². The van der Waals surface area contributed by atoms with Crippen LogP contribution < -0.4 is 10.9 Å². The standard InChI is InChI=1S/C16H16Br2N2O/c1-2-4-11-7-9-12(10-8-11)16(21)20-19-15-13(17)5-3-6-14(15)18/h3,5-10,19H,2,4H2,1H3,(H,20,21). The second-order valence-corrected chi connectivity index (χ2v) is 6.33. The van der Waals surface area contributed by atoms with E-state index >= 15 is 0 Å². The number of anilines is 1. The van der Waals surface area contributed by atoms with Gasteiger partial charge in [0.05, 0.1) is 5.69 Å². The summed E-state index contributed by atoms with van der Waals surface area (Å²) in [6.07, 6.45) is 2.13. The lowest BCUT2D eigenvalue weighted by Crippen LogP contribution is -2.29. The average Bonchev–Trinajstić information content (AvgIpc) is 2.47. The molecule has 0 saturated carbocycles. The molecule has 0 unspecified atom stereocenters. The first kappa shape index (κ1) is 16.0. The van der Waals surface area contributed by atoms with Gasteiger partial charge in [0.25, 0.3) is 5.91 Å². The lowest BCUT2D eigenvalue weighted by Gasteiger charge is -2.12. The van der Waals surface area contributed by atoms with Crippen LogP contribution in [0.15, 0.2) is 51.4 Å². The van der Waals surface area contributed by atoms with Crippen molar-refractivity contribution in [2.24, 2.45) is 0 Å². The zero-order valence-electron chi connectivity index (χ0n) is 11.6. The van der Waals surface area contributed by atoms with E-state index in [1.165, 1.54) is 5.56 Å². The number of para-hydroxylation sites is 1. The van der Waals surface area contributed by atoms with Crippen molar-refractivity contribution in [3.8, 4) is 0 Å². The molecule has 0 aliphatic carbocycles. The molecule has 1 amide bonds. The normalized spacial score (nSPS) is 10.2. The molecule has 3 nitrogen and oxygen atoms in total. The fourth-order valence-corrected chi connectivity index (χ4v) is 3.12. The fourth-order valence-electron chi connectivity index (χ4n) is 1.92. The first-order chi connectivity index (χ1) is 10.1. The molecule has 5 heteroatoms. The van der Waals surface area contributed by atoms with Crippen molar-refractivity contribution in [3.05, 3.63) is 62.5 Å². The van der Waals surface area contributed by atoms with Crippen molar-refractivity contribution < 1.29 is 4.79 Å². The van der Waals surface area contributed by atoms with Crippen molar-refractivity contribution >= 4 is 43.5 Å². The average molecular weight is 412 g/mol. The second-order valence-electron chi connectivity index (χ2n) is 4.62. The van der Waals surface area contributed by atoms with E-state index in [-0.39, 0.29) is 5.91 Å². The van der Waals surface area contributed by atoms with Gasteiger partial charge in [-0.15, -0.1) is 0 Å². The highest BCUT2D eigenvalue weighted by Gasteiger charge is 2.08. The Bertz CT molecular complexity index is 606. The number of hydrogen-bond donors (Lipinski definition) is 2. The number of hydrazine groups is 1. The van der Waals surface area contributed by atoms with Gasteiger partial charge in [-0.1, -0.05) is 31.5 Å². The van der Waals surface area contributed by atoms with Crippen LogP contribution in [-0.2, 0) is 6.42 Å². The predicted molar refractivity (Wildman–Crippen MR) is 93.4 cm³/mol. The van der Waals surface area contributed by atoms with Crippen LogP contribution in [0.25, 0.3) is 0 Å². The third kappa shape index (κ3) is 4.32. The Morgan fingerprint density at radius 3 is 2.24 bits per heavy atom. The topological polar surface area (TPSA) is 41.1 Å². The van der Waals surface area contributed by atoms with E-state index in [9.17, 15) is 4.79 Å². The lowest BCUT2D eigenvalue weighted by molar-refractivity contribution is 0.0962. The Morgan fingerprint density at radius 2 is 1.67 bits per heavy atom. The highest BCUT2D eigenvalue weighted by Crippen LogP contribution is 2.29. The smallest absolute Gasteiger partial charge is 0.269 e. The molecule has 0 bridgehead atoms. The molecule has 0 aromatic heterocycles. The van der Waals surface area contributed by atoms with E-state index < -0.39 is 0 Å². The van der Waals surface area contributed by atoms with Crippen LogP contribution in [0, 0.1) is 0 Å². The maximum absolute atomic E-state index is 12.1. The van der Waals surface area contributed by atoms with Crippen LogP contribution in [0.5, 0.6) is 0 Å². The molecule has 21 heavy (non-hydrogen) atoms. The quantitative estimate of drug-likeness (QED) is 0.685. The Kier molecular flexibility index (Phi) is 5.82. The Morgan fingerprint density at radius 1 is 1.05 bits per heavy atom. The third-order valence-electron chi connectivity index (χ3n) is 3.02. The molecule has 0 atom stereocenters. The lowest BCUT2D eigenvalue weighted by atomic mass is 10.1. The summed E-state index contributed by atoms with van der Waals surface area (Å²) >= 11 is 6.87. The van der Waals surface area contributed by atoms with Crippen LogP contribution in [0.2, 0.25) is 0 Å². The van der Waals surface area contributed by atoms with Gasteiger partial charge in [-0.3, -0.25) is 15.6 Å². The van der Waals surface area contributed by atoms with Gasteiger partial charge in [-0.05, 0) is 68.1 Å². The maximum Gasteiger partial charge on any atom is 0.269 e. The number of nitrogens with one attached hydrogen (secondary N) is 2. The summed E-state index contributed by atoms with van der Waals surface area (Å²) in [4.78, 5) is 12.1. The minimum absolute atomic E-state index is 0.166. The number of amides is 1. The van der Waals surface area contributed by atoms with E-state index in [0.717, 1.165) is 27.5 Å². The van der Waals surface area contributed by atoms with E-state index in [4.69, 9.17) is 0 Å². The molecule has 0 radical (unpaired) electrons. The second kappa shape index (κ2) is 7.61. The summed E-state index contributed by atoms with van der Waals surface area (Å²) < 4.78 is 1.74. The number of rotatable bonds is 5. The highest BCUT2D eigenvalue weighted by atomic mass is 79.9. The molecule has 0 aliphatic heterocycles. The van der Waals surface area contributed by atoms with Crippen molar-refractivity contribution in [1.29, 1.82) is 0 Å². The predicted octanol–water partition coefficient (Wildman–Crippen LogP) is 4.92. The molecule has 2 N–H and O–H groups in total. The van der Waals surface area contributed by atoms with Gasteiger partial charge >= 0.3 is 0 Å². The number of benzene rings is 2. The van der Waals surface area contributed by atoms with E-state index in [1.54, 1.807) is 0 Å². The molecule has 2 rings (SSSR count). The van der Waals surface area contributed by atoms with Crippen molar-refractivity contribution in [2.45, 2.75) is 19.8 Å². The van der Waals surface area contributed by atoms with Gasteiger partial charge in [-0.25, -0.2) is 0 Å². The summed E-state index contributed by atoms with van der Waals surface area (Å²) in [6.45, 7) is 2.14. The van der Waals surface area contributed by atoms with Crippen LogP contribution in [0.3, 0.4) is 0 Å². The highest BCUT2D eigenvalue weighted by molar-refractivity contribution is 9.11. The number of aryl methyl sites for hydroxylation is 1. The number of carbonyl (C=O) groups excluding carboxylic acids is 1. The number of hydrogen-bond acceptors (Lipinski definition) is 2. The fraction of sp³-hybridized carbons (Fsp3) is 0.188. The van der Waals surface area contributed by atoms with Crippen molar-refractivity contribution in [1.82, 2.24) is 5.43 Å². The maximum atomic E-state index is 12.1. The zero-order chi connectivity index (χ0) is 15.2. The van der Waals surface area contributed by atoms with Crippen LogP contribution in [0.1, 0.15) is 29.3 Å². The molecular formula is C16H16Br2N2O. The monoisotopic (exact) mass is 410 g/mol. The van der Waals surface area contributed by atoms with E-state index in [2.05, 4.69) is 49.6 Å². The third-order valence-corrected chi connectivity index (χ3v) is 4.34. The Hall–Kier alpha value is -1.33. The van der Waals surface area contributed by atoms with Gasteiger partial charge in [0, 0.05) is 14.5 Å². The SMILES string of the molecule is CCCc1ccc(C(=O)NNc2c(Br)cccc2Br)cc1. The van der Waals surface area contributed by atoms with Crippen LogP contribution in [0.4, 0.5) is 5.69 Å². The van der Waals surface area contributed by atoms with E-state index in [0.29, 0.717) is 5.56 Å². The molecule has 0 aliphatic rings. The first-order valence-corrected chi connectivity index (χ1v) is 8.29. The van der Waals surface area contributed by atoms with Gasteiger partial charge in [0.15, 0.2) is 0 Å². The zero-order valence-corrected chi connectivity index (χ0v) is 14.8. The summed E-state index contributed by atoms with van der Waals surface area (Å²) in [6, 6.07) is 13.4. The van der Waals surface area contributed by atoms with Gasteiger partial charge in [0.2, 0.25) is 0 Å². The minimum atomic E-state index is -0.166. The first-order valence-electron chi connectivity index (χ1n) is 6.71. The van der Waals surface area contributed by atoms with Gasteiger partial charge in [0.1, 0.15) is 0 Å². The van der Waals surface area contributed by atoms with Crippen LogP contribution in [-0.4, -0.2) is 5.91 Å². The number of halogens is 2. The Labute approximate surface area is 141 Å². The molecular weight excluding hydrogens is 396 g/mol. The largest absolute Gasteiger partial charge is 0.296 e.